The van der Waals surface area contributed by atoms with Crippen LogP contribution in [0.3, 0.4) is 0 Å². The predicted octanol–water partition coefficient (Wildman–Crippen LogP) is 7.01. The second kappa shape index (κ2) is 7.34. The lowest BCUT2D eigenvalue weighted by atomic mass is 10.1. The van der Waals surface area contributed by atoms with Crippen molar-refractivity contribution in [3.63, 3.8) is 0 Å². The molecule has 4 nitrogen and oxygen atoms in total. The van der Waals surface area contributed by atoms with E-state index in [1.165, 1.54) is 21.5 Å². The number of hydrogen-bond donors (Lipinski definition) is 0. The average Bonchev–Trinajstić information content (AvgIpc) is 3.31. The van der Waals surface area contributed by atoms with Gasteiger partial charge in [-0.25, -0.2) is 9.35 Å². The molecule has 0 atom stereocenters. The summed E-state index contributed by atoms with van der Waals surface area (Å²) in [6.45, 7) is 5.34. The van der Waals surface area contributed by atoms with Gasteiger partial charge in [0.2, 0.25) is 0 Å². The molecule has 0 aliphatic carbocycles. The molecule has 0 radical (unpaired) electrons. The molecule has 0 fully saturated rings. The fourth-order valence-electron chi connectivity index (χ4n) is 4.81. The van der Waals surface area contributed by atoms with Crippen molar-refractivity contribution in [2.24, 2.45) is 0 Å². The highest BCUT2D eigenvalue weighted by atomic mass is 16.5. The minimum absolute atomic E-state index is 0.652. The molecule has 2 aromatic heterocycles. The van der Waals surface area contributed by atoms with Gasteiger partial charge in [0.25, 0.3) is 0 Å². The van der Waals surface area contributed by atoms with Gasteiger partial charge in [-0.2, -0.15) is 0 Å². The Morgan fingerprint density at radius 1 is 0.500 bits per heavy atom. The second-order valence-corrected chi connectivity index (χ2v) is 7.88. The van der Waals surface area contributed by atoms with Crippen LogP contribution in [0.15, 0.2) is 84.9 Å². The lowest BCUT2D eigenvalue weighted by molar-refractivity contribution is 0.340. The summed E-state index contributed by atoms with van der Waals surface area (Å²) in [5, 5.41) is 4.79. The third-order valence-electron chi connectivity index (χ3n) is 6.06. The molecule has 0 amide bonds. The molecule has 2 heterocycles. The maximum atomic E-state index is 5.81. The Balaban J connectivity index is 1.76. The monoisotopic (exact) mass is 420 g/mol. The third kappa shape index (κ3) is 2.69. The lowest BCUT2D eigenvalue weighted by Crippen LogP contribution is -2.08. The van der Waals surface area contributed by atoms with Crippen LogP contribution >= 0.6 is 0 Å². The summed E-state index contributed by atoms with van der Waals surface area (Å²) < 4.78 is 16.3. The molecular formula is C28H24N2O2. The van der Waals surface area contributed by atoms with Crippen LogP contribution in [0.4, 0.5) is 0 Å². The molecule has 0 saturated heterocycles. The van der Waals surface area contributed by atoms with Gasteiger partial charge in [0, 0.05) is 21.5 Å². The first-order valence-electron chi connectivity index (χ1n) is 11.1. The molecule has 0 saturated carbocycles. The average molecular weight is 421 g/mol. The van der Waals surface area contributed by atoms with Crippen molar-refractivity contribution in [1.82, 2.24) is 9.35 Å². The molecule has 0 N–H and O–H groups in total. The van der Waals surface area contributed by atoms with Crippen molar-refractivity contribution in [3.05, 3.63) is 84.9 Å². The molecule has 4 aromatic carbocycles. The smallest absolute Gasteiger partial charge is 0.120 e. The van der Waals surface area contributed by atoms with Crippen LogP contribution in [0.5, 0.6) is 11.5 Å². The summed E-state index contributed by atoms with van der Waals surface area (Å²) in [6.07, 6.45) is 0. The van der Waals surface area contributed by atoms with E-state index in [0.29, 0.717) is 13.2 Å². The van der Waals surface area contributed by atoms with E-state index in [9.17, 15) is 0 Å². The van der Waals surface area contributed by atoms with Crippen LogP contribution in [0.25, 0.3) is 43.6 Å². The van der Waals surface area contributed by atoms with Gasteiger partial charge in [-0.15, -0.1) is 0 Å². The molecule has 0 unspecified atom stereocenters. The molecule has 0 spiro atoms. The number of fused-ring (bicyclic) bond motifs is 6. The van der Waals surface area contributed by atoms with Crippen LogP contribution in [0.1, 0.15) is 13.8 Å². The standard InChI is InChI=1S/C28H24N2O2/c1-3-31-19-13-15-27-23(17-19)21-9-5-7-11-25(21)29(27)30-26-12-8-6-10-22(26)24-18-20(32-4-2)14-16-28(24)30/h5-18H,3-4H2,1-2H3. The second-order valence-electron chi connectivity index (χ2n) is 7.88. The Bertz CT molecular complexity index is 1480. The number of nitrogens with zero attached hydrogens (tertiary/aromatic N) is 2. The van der Waals surface area contributed by atoms with Crippen molar-refractivity contribution >= 4 is 43.6 Å². The van der Waals surface area contributed by atoms with Crippen molar-refractivity contribution in [3.8, 4) is 11.5 Å². The van der Waals surface area contributed by atoms with Gasteiger partial charge in [0.05, 0.1) is 35.3 Å². The topological polar surface area (TPSA) is 28.3 Å². The maximum Gasteiger partial charge on any atom is 0.120 e. The molecule has 0 bridgehead atoms. The van der Waals surface area contributed by atoms with Crippen molar-refractivity contribution in [2.75, 3.05) is 13.2 Å². The van der Waals surface area contributed by atoms with Gasteiger partial charge in [-0.3, -0.25) is 0 Å². The van der Waals surface area contributed by atoms with E-state index in [1.807, 2.05) is 13.8 Å². The molecule has 6 aromatic rings. The van der Waals surface area contributed by atoms with Crippen LogP contribution < -0.4 is 9.47 Å². The van der Waals surface area contributed by atoms with Crippen LogP contribution in [0, 0.1) is 0 Å². The summed E-state index contributed by atoms with van der Waals surface area (Å²) >= 11 is 0. The highest BCUT2D eigenvalue weighted by Gasteiger charge is 2.18. The van der Waals surface area contributed by atoms with Gasteiger partial charge in [-0.05, 0) is 62.4 Å². The number of ether oxygens (including phenoxy) is 2. The van der Waals surface area contributed by atoms with E-state index in [1.54, 1.807) is 0 Å². The summed E-state index contributed by atoms with van der Waals surface area (Å²) in [5.74, 6) is 1.79. The quantitative estimate of drug-likeness (QED) is 0.300. The highest BCUT2D eigenvalue weighted by Crippen LogP contribution is 2.37. The fourth-order valence-corrected chi connectivity index (χ4v) is 4.81. The first-order chi connectivity index (χ1) is 15.8. The summed E-state index contributed by atoms with van der Waals surface area (Å²) in [6, 6.07) is 29.9. The molecule has 158 valence electrons. The molecular weight excluding hydrogens is 396 g/mol. The molecule has 0 aliphatic rings. The largest absolute Gasteiger partial charge is 0.494 e. The van der Waals surface area contributed by atoms with Crippen LogP contribution in [-0.4, -0.2) is 22.6 Å². The first kappa shape index (κ1) is 18.8. The SMILES string of the molecule is CCOc1ccc2c(c1)c1ccccc1n2-n1c2ccccc2c2cc(OCC)ccc21. The zero-order valence-electron chi connectivity index (χ0n) is 18.2. The Morgan fingerprint density at radius 2 is 0.906 bits per heavy atom. The Kier molecular flexibility index (Phi) is 4.32. The zero-order chi connectivity index (χ0) is 21.7. The van der Waals surface area contributed by atoms with E-state index in [4.69, 9.17) is 9.47 Å². The number of para-hydroxylation sites is 2. The van der Waals surface area contributed by atoms with Crippen molar-refractivity contribution in [1.29, 1.82) is 0 Å². The summed E-state index contributed by atoms with van der Waals surface area (Å²) in [7, 11) is 0. The van der Waals surface area contributed by atoms with Gasteiger partial charge in [0.15, 0.2) is 0 Å². The highest BCUT2D eigenvalue weighted by molar-refractivity contribution is 6.12. The van der Waals surface area contributed by atoms with Crippen LogP contribution in [-0.2, 0) is 0 Å². The zero-order valence-corrected chi connectivity index (χ0v) is 18.2. The predicted molar refractivity (Wildman–Crippen MR) is 132 cm³/mol. The number of aromatic nitrogens is 2. The summed E-state index contributed by atoms with van der Waals surface area (Å²) in [4.78, 5) is 0. The first-order valence-corrected chi connectivity index (χ1v) is 11.1. The van der Waals surface area contributed by atoms with Gasteiger partial charge >= 0.3 is 0 Å². The van der Waals surface area contributed by atoms with E-state index in [2.05, 4.69) is 94.3 Å². The van der Waals surface area contributed by atoms with E-state index in [0.717, 1.165) is 33.6 Å². The fraction of sp³-hybridized carbons (Fsp3) is 0.143. The van der Waals surface area contributed by atoms with E-state index < -0.39 is 0 Å². The molecule has 32 heavy (non-hydrogen) atoms. The number of hydrogen-bond acceptors (Lipinski definition) is 2. The minimum atomic E-state index is 0.652. The van der Waals surface area contributed by atoms with Crippen molar-refractivity contribution in [2.45, 2.75) is 13.8 Å². The normalized spacial score (nSPS) is 11.7. The molecule has 6 rings (SSSR count). The minimum Gasteiger partial charge on any atom is -0.494 e. The van der Waals surface area contributed by atoms with Gasteiger partial charge < -0.3 is 9.47 Å². The van der Waals surface area contributed by atoms with Gasteiger partial charge in [0.1, 0.15) is 11.5 Å². The lowest BCUT2D eigenvalue weighted by Gasteiger charge is -2.13. The van der Waals surface area contributed by atoms with Gasteiger partial charge in [-0.1, -0.05) is 36.4 Å². The Hall–Kier alpha value is -3.92. The molecule has 0 aliphatic heterocycles. The maximum absolute atomic E-state index is 5.81. The van der Waals surface area contributed by atoms with Crippen molar-refractivity contribution < 1.29 is 9.47 Å². The van der Waals surface area contributed by atoms with E-state index in [-0.39, 0.29) is 0 Å². The number of benzene rings is 4. The van der Waals surface area contributed by atoms with Crippen LogP contribution in [0.2, 0.25) is 0 Å². The van der Waals surface area contributed by atoms with E-state index >= 15 is 0 Å². The third-order valence-corrected chi connectivity index (χ3v) is 6.06. The summed E-state index contributed by atoms with van der Waals surface area (Å²) in [5.41, 5.74) is 4.61. The Morgan fingerprint density at radius 3 is 1.34 bits per heavy atom. The molecule has 4 heteroatoms. The Labute approximate surface area is 186 Å². The number of rotatable bonds is 5.